The van der Waals surface area contributed by atoms with Gasteiger partial charge in [-0.25, -0.2) is 4.98 Å². The molecule has 3 aromatic rings. The van der Waals surface area contributed by atoms with Crippen molar-refractivity contribution in [2.75, 3.05) is 5.73 Å². The summed E-state index contributed by atoms with van der Waals surface area (Å²) in [6, 6.07) is 6.99. The minimum Gasteiger partial charge on any atom is -0.397 e. The Balaban J connectivity index is 2.22. The van der Waals surface area contributed by atoms with Crippen molar-refractivity contribution in [1.29, 1.82) is 0 Å². The number of ketones is 1. The largest absolute Gasteiger partial charge is 0.417 e. The molecule has 0 fully saturated rings. The van der Waals surface area contributed by atoms with E-state index >= 15 is 0 Å². The molecular weight excluding hydrogens is 361 g/mol. The van der Waals surface area contributed by atoms with E-state index < -0.39 is 17.5 Å². The number of thiophene rings is 1. The third-order valence-electron chi connectivity index (χ3n) is 3.45. The Morgan fingerprint density at radius 3 is 2.46 bits per heavy atom. The number of carbonyl (C=O) groups is 1. The first-order chi connectivity index (χ1) is 11.2. The number of anilines is 1. The van der Waals surface area contributed by atoms with Gasteiger partial charge in [-0.3, -0.25) is 4.79 Å². The van der Waals surface area contributed by atoms with Gasteiger partial charge in [-0.05, 0) is 37.3 Å². The number of carbonyl (C=O) groups excluding carboxylic acids is 1. The Morgan fingerprint density at radius 1 is 1.25 bits per heavy atom. The van der Waals surface area contributed by atoms with Crippen molar-refractivity contribution in [3.8, 4) is 0 Å². The highest BCUT2D eigenvalue weighted by Gasteiger charge is 2.35. The molecule has 0 aliphatic rings. The van der Waals surface area contributed by atoms with Gasteiger partial charge in [-0.2, -0.15) is 13.2 Å². The molecule has 0 aliphatic carbocycles. The lowest BCUT2D eigenvalue weighted by molar-refractivity contribution is -0.136. The summed E-state index contributed by atoms with van der Waals surface area (Å²) in [4.78, 5) is 16.8. The fourth-order valence-electron chi connectivity index (χ4n) is 2.37. The zero-order valence-electron chi connectivity index (χ0n) is 12.2. The van der Waals surface area contributed by atoms with Crippen LogP contribution in [0.2, 0.25) is 5.02 Å². The number of rotatable bonds is 2. The smallest absolute Gasteiger partial charge is 0.397 e. The van der Waals surface area contributed by atoms with Crippen LogP contribution < -0.4 is 5.73 Å². The summed E-state index contributed by atoms with van der Waals surface area (Å²) in [5.74, 6) is -0.460. The van der Waals surface area contributed by atoms with Gasteiger partial charge in [-0.1, -0.05) is 11.6 Å². The topological polar surface area (TPSA) is 56.0 Å². The molecule has 0 bridgehead atoms. The van der Waals surface area contributed by atoms with Crippen LogP contribution in [0.3, 0.4) is 0 Å². The van der Waals surface area contributed by atoms with E-state index in [0.717, 1.165) is 17.4 Å². The van der Waals surface area contributed by atoms with Gasteiger partial charge < -0.3 is 5.73 Å². The lowest BCUT2D eigenvalue weighted by Gasteiger charge is -2.09. The van der Waals surface area contributed by atoms with Crippen molar-refractivity contribution >= 4 is 44.6 Å². The van der Waals surface area contributed by atoms with Crippen LogP contribution in [0, 0.1) is 6.92 Å². The first-order valence-corrected chi connectivity index (χ1v) is 7.95. The van der Waals surface area contributed by atoms with Crippen molar-refractivity contribution in [1.82, 2.24) is 4.98 Å². The summed E-state index contributed by atoms with van der Waals surface area (Å²) in [7, 11) is 0. The number of aromatic nitrogens is 1. The zero-order chi connectivity index (χ0) is 17.6. The van der Waals surface area contributed by atoms with Crippen LogP contribution in [-0.2, 0) is 6.18 Å². The number of pyridine rings is 1. The molecule has 0 saturated heterocycles. The molecule has 24 heavy (non-hydrogen) atoms. The Hall–Kier alpha value is -2.12. The van der Waals surface area contributed by atoms with Gasteiger partial charge in [-0.15, -0.1) is 11.3 Å². The maximum Gasteiger partial charge on any atom is 0.417 e. The number of aryl methyl sites for hydroxylation is 1. The second-order valence-corrected chi connectivity index (χ2v) is 6.61. The number of hydrogen-bond donors (Lipinski definition) is 1. The van der Waals surface area contributed by atoms with Crippen LogP contribution in [0.15, 0.2) is 30.3 Å². The Bertz CT molecular complexity index is 949. The molecule has 0 unspecified atom stereocenters. The molecule has 0 saturated carbocycles. The predicted octanol–water partition coefficient (Wildman–Crippen LogP) is 5.09. The number of fused-ring (bicyclic) bond motifs is 1. The minimum atomic E-state index is -4.58. The van der Waals surface area contributed by atoms with Crippen LogP contribution in [-0.4, -0.2) is 10.8 Å². The van der Waals surface area contributed by atoms with E-state index in [1.165, 1.54) is 31.2 Å². The molecule has 0 spiro atoms. The average Bonchev–Trinajstić information content (AvgIpc) is 2.82. The SMILES string of the molecule is Cc1cc(C(F)(F)F)c2c(N)c(C(=O)c3ccc(Cl)cc3)sc2n1. The Morgan fingerprint density at radius 2 is 1.88 bits per heavy atom. The van der Waals surface area contributed by atoms with Crippen molar-refractivity contribution < 1.29 is 18.0 Å². The fraction of sp³-hybridized carbons (Fsp3) is 0.125. The summed E-state index contributed by atoms with van der Waals surface area (Å²) in [6.45, 7) is 1.46. The Kier molecular flexibility index (Phi) is 4.01. The van der Waals surface area contributed by atoms with Crippen molar-refractivity contribution in [2.45, 2.75) is 13.1 Å². The fourth-order valence-corrected chi connectivity index (χ4v) is 3.62. The normalized spacial score (nSPS) is 11.9. The van der Waals surface area contributed by atoms with E-state index in [1.54, 1.807) is 0 Å². The number of benzene rings is 1. The van der Waals surface area contributed by atoms with Gasteiger partial charge in [0.1, 0.15) is 9.71 Å². The quantitative estimate of drug-likeness (QED) is 0.639. The van der Waals surface area contributed by atoms with Gasteiger partial charge in [0.2, 0.25) is 5.78 Å². The second kappa shape index (κ2) is 5.75. The molecule has 2 heterocycles. The maximum atomic E-state index is 13.3. The van der Waals surface area contributed by atoms with Crippen LogP contribution in [0.5, 0.6) is 0 Å². The molecule has 0 atom stereocenters. The van der Waals surface area contributed by atoms with Crippen molar-refractivity contribution in [3.63, 3.8) is 0 Å². The summed E-state index contributed by atoms with van der Waals surface area (Å²) in [5.41, 5.74) is 5.30. The molecule has 0 aliphatic heterocycles. The molecule has 2 aromatic heterocycles. The minimum absolute atomic E-state index is 0.0379. The predicted molar refractivity (Wildman–Crippen MR) is 88.7 cm³/mol. The number of nitrogens with two attached hydrogens (primary N) is 1. The first-order valence-electron chi connectivity index (χ1n) is 6.75. The number of nitrogen functional groups attached to an aromatic ring is 1. The first kappa shape index (κ1) is 16.7. The molecule has 124 valence electrons. The average molecular weight is 371 g/mol. The van der Waals surface area contributed by atoms with Gasteiger partial charge in [0.15, 0.2) is 0 Å². The lowest BCUT2D eigenvalue weighted by Crippen LogP contribution is -2.08. The van der Waals surface area contributed by atoms with E-state index in [1.807, 2.05) is 0 Å². The van der Waals surface area contributed by atoms with Crippen molar-refractivity contribution in [3.05, 3.63) is 57.1 Å². The lowest BCUT2D eigenvalue weighted by atomic mass is 10.1. The zero-order valence-corrected chi connectivity index (χ0v) is 13.8. The molecule has 3 rings (SSSR count). The van der Waals surface area contributed by atoms with E-state index in [0.29, 0.717) is 10.6 Å². The number of halogens is 4. The number of hydrogen-bond acceptors (Lipinski definition) is 4. The van der Waals surface area contributed by atoms with E-state index in [9.17, 15) is 18.0 Å². The van der Waals surface area contributed by atoms with Crippen LogP contribution in [0.4, 0.5) is 18.9 Å². The Labute approximate surface area is 143 Å². The monoisotopic (exact) mass is 370 g/mol. The highest BCUT2D eigenvalue weighted by atomic mass is 35.5. The molecule has 0 radical (unpaired) electrons. The van der Waals surface area contributed by atoms with E-state index in [-0.39, 0.29) is 26.5 Å². The van der Waals surface area contributed by atoms with Crippen LogP contribution in [0.1, 0.15) is 26.5 Å². The van der Waals surface area contributed by atoms with Crippen LogP contribution >= 0.6 is 22.9 Å². The van der Waals surface area contributed by atoms with E-state index in [4.69, 9.17) is 17.3 Å². The standard InChI is InChI=1S/C16H10ClF3N2OS/c1-7-6-10(16(18,19)20)11-12(21)14(24-15(11)22-7)13(23)8-2-4-9(17)5-3-8/h2-6H,21H2,1H3. The van der Waals surface area contributed by atoms with E-state index in [2.05, 4.69) is 4.98 Å². The molecule has 2 N–H and O–H groups in total. The maximum absolute atomic E-state index is 13.3. The third-order valence-corrected chi connectivity index (χ3v) is 4.80. The molecule has 8 heteroatoms. The summed E-state index contributed by atoms with van der Waals surface area (Å²) >= 11 is 6.63. The summed E-state index contributed by atoms with van der Waals surface area (Å²) < 4.78 is 39.8. The highest BCUT2D eigenvalue weighted by molar-refractivity contribution is 7.21. The number of nitrogens with zero attached hydrogens (tertiary/aromatic N) is 1. The highest BCUT2D eigenvalue weighted by Crippen LogP contribution is 2.42. The summed E-state index contributed by atoms with van der Waals surface area (Å²) in [6.07, 6.45) is -4.58. The van der Waals surface area contributed by atoms with Crippen molar-refractivity contribution in [2.24, 2.45) is 0 Å². The third kappa shape index (κ3) is 2.85. The second-order valence-electron chi connectivity index (χ2n) is 5.17. The van der Waals surface area contributed by atoms with Crippen LogP contribution in [0.25, 0.3) is 10.2 Å². The molecular formula is C16H10ClF3N2OS. The molecule has 0 amide bonds. The van der Waals surface area contributed by atoms with Gasteiger partial charge >= 0.3 is 6.18 Å². The number of alkyl halides is 3. The summed E-state index contributed by atoms with van der Waals surface area (Å²) in [5, 5.41) is 0.225. The van der Waals surface area contributed by atoms with Gasteiger partial charge in [0.05, 0.1) is 11.3 Å². The van der Waals surface area contributed by atoms with Gasteiger partial charge in [0, 0.05) is 21.7 Å². The molecule has 3 nitrogen and oxygen atoms in total. The van der Waals surface area contributed by atoms with Gasteiger partial charge in [0.25, 0.3) is 0 Å². The molecule has 1 aromatic carbocycles.